The van der Waals surface area contributed by atoms with E-state index in [2.05, 4.69) is 10.1 Å². The van der Waals surface area contributed by atoms with Crippen molar-refractivity contribution in [3.05, 3.63) is 53.5 Å². The molecule has 2 aromatic rings. The number of phenols is 1. The molecular formula is C16H19NO4. The average Bonchev–Trinajstić information content (AvgIpc) is 3.01. The predicted octanol–water partition coefficient (Wildman–Crippen LogP) is 2.49. The van der Waals surface area contributed by atoms with Gasteiger partial charge in [-0.1, -0.05) is 0 Å². The number of ether oxygens (including phenoxy) is 1. The number of aryl methyl sites for hydroxylation is 1. The molecule has 5 nitrogen and oxygen atoms in total. The van der Waals surface area contributed by atoms with Crippen LogP contribution in [-0.4, -0.2) is 24.7 Å². The molecule has 1 aromatic heterocycles. The quantitative estimate of drug-likeness (QED) is 0.605. The zero-order valence-corrected chi connectivity index (χ0v) is 12.0. The van der Waals surface area contributed by atoms with Crippen LogP contribution in [0.4, 0.5) is 0 Å². The summed E-state index contributed by atoms with van der Waals surface area (Å²) in [5.41, 5.74) is 1.11. The fraction of sp³-hybridized carbons (Fsp3) is 0.312. The number of esters is 1. The van der Waals surface area contributed by atoms with E-state index in [0.29, 0.717) is 17.7 Å². The van der Waals surface area contributed by atoms with Crippen molar-refractivity contribution in [2.24, 2.45) is 0 Å². The summed E-state index contributed by atoms with van der Waals surface area (Å²) >= 11 is 0. The smallest absolute Gasteiger partial charge is 0.337 e. The third kappa shape index (κ3) is 4.36. The molecule has 1 aromatic carbocycles. The van der Waals surface area contributed by atoms with Crippen molar-refractivity contribution in [2.45, 2.75) is 19.4 Å². The Bertz CT molecular complexity index is 578. The number of benzene rings is 1. The normalized spacial score (nSPS) is 10.5. The maximum Gasteiger partial charge on any atom is 0.337 e. The molecule has 0 saturated carbocycles. The molecular weight excluding hydrogens is 270 g/mol. The molecule has 0 unspecified atom stereocenters. The molecule has 0 amide bonds. The number of hydrogen-bond donors (Lipinski definition) is 2. The van der Waals surface area contributed by atoms with Gasteiger partial charge in [0.15, 0.2) is 0 Å². The Morgan fingerprint density at radius 1 is 1.38 bits per heavy atom. The third-order valence-electron chi connectivity index (χ3n) is 3.17. The van der Waals surface area contributed by atoms with Crippen LogP contribution in [0.1, 0.15) is 28.1 Å². The van der Waals surface area contributed by atoms with E-state index in [-0.39, 0.29) is 5.75 Å². The van der Waals surface area contributed by atoms with E-state index in [1.54, 1.807) is 18.4 Å². The van der Waals surface area contributed by atoms with Gasteiger partial charge in [-0.25, -0.2) is 4.79 Å². The van der Waals surface area contributed by atoms with Crippen LogP contribution < -0.4 is 5.32 Å². The molecule has 1 heterocycles. The van der Waals surface area contributed by atoms with Crippen LogP contribution in [0.25, 0.3) is 0 Å². The van der Waals surface area contributed by atoms with Crippen molar-refractivity contribution in [3.63, 3.8) is 0 Å². The molecule has 0 bridgehead atoms. The van der Waals surface area contributed by atoms with E-state index < -0.39 is 5.97 Å². The Morgan fingerprint density at radius 3 is 2.95 bits per heavy atom. The van der Waals surface area contributed by atoms with Crippen LogP contribution in [0.3, 0.4) is 0 Å². The van der Waals surface area contributed by atoms with E-state index in [1.165, 1.54) is 13.2 Å². The second-order valence-corrected chi connectivity index (χ2v) is 4.69. The van der Waals surface area contributed by atoms with Crippen molar-refractivity contribution < 1.29 is 19.1 Å². The van der Waals surface area contributed by atoms with Crippen LogP contribution in [0.2, 0.25) is 0 Å². The molecule has 0 saturated heterocycles. The summed E-state index contributed by atoms with van der Waals surface area (Å²) in [6.45, 7) is 1.29. The van der Waals surface area contributed by atoms with E-state index in [9.17, 15) is 9.90 Å². The SMILES string of the molecule is COC(=O)c1ccc(O)c(CNCCCc2ccco2)c1. The van der Waals surface area contributed by atoms with Gasteiger partial charge in [-0.2, -0.15) is 0 Å². The lowest BCUT2D eigenvalue weighted by atomic mass is 10.1. The van der Waals surface area contributed by atoms with Gasteiger partial charge < -0.3 is 19.6 Å². The van der Waals surface area contributed by atoms with Crippen LogP contribution in [0.5, 0.6) is 5.75 Å². The van der Waals surface area contributed by atoms with E-state index in [0.717, 1.165) is 25.1 Å². The number of carbonyl (C=O) groups excluding carboxylic acids is 1. The Morgan fingerprint density at radius 2 is 2.24 bits per heavy atom. The fourth-order valence-electron chi connectivity index (χ4n) is 2.04. The predicted molar refractivity (Wildman–Crippen MR) is 78.2 cm³/mol. The highest BCUT2D eigenvalue weighted by molar-refractivity contribution is 5.89. The Labute approximate surface area is 123 Å². The van der Waals surface area contributed by atoms with Gasteiger partial charge in [0.1, 0.15) is 11.5 Å². The molecule has 0 fully saturated rings. The second kappa shape index (κ2) is 7.50. The largest absolute Gasteiger partial charge is 0.508 e. The molecule has 112 valence electrons. The lowest BCUT2D eigenvalue weighted by molar-refractivity contribution is 0.0600. The molecule has 21 heavy (non-hydrogen) atoms. The minimum absolute atomic E-state index is 0.168. The molecule has 0 spiro atoms. The highest BCUT2D eigenvalue weighted by Crippen LogP contribution is 2.18. The van der Waals surface area contributed by atoms with Crippen LogP contribution in [-0.2, 0) is 17.7 Å². The van der Waals surface area contributed by atoms with Gasteiger partial charge in [0.2, 0.25) is 0 Å². The van der Waals surface area contributed by atoms with Crippen molar-refractivity contribution in [2.75, 3.05) is 13.7 Å². The maximum atomic E-state index is 11.4. The summed E-state index contributed by atoms with van der Waals surface area (Å²) in [7, 11) is 1.34. The van der Waals surface area contributed by atoms with Gasteiger partial charge in [0.25, 0.3) is 0 Å². The first-order valence-corrected chi connectivity index (χ1v) is 6.84. The number of nitrogens with one attached hydrogen (secondary N) is 1. The molecule has 0 aliphatic rings. The van der Waals surface area contributed by atoms with Crippen LogP contribution in [0, 0.1) is 0 Å². The molecule has 0 aliphatic heterocycles. The number of methoxy groups -OCH3 is 1. The Balaban J connectivity index is 1.80. The second-order valence-electron chi connectivity index (χ2n) is 4.69. The topological polar surface area (TPSA) is 71.7 Å². The highest BCUT2D eigenvalue weighted by Gasteiger charge is 2.09. The molecule has 2 N–H and O–H groups in total. The van der Waals surface area contributed by atoms with Crippen LogP contribution >= 0.6 is 0 Å². The summed E-state index contributed by atoms with van der Waals surface area (Å²) in [5, 5.41) is 13.0. The summed E-state index contributed by atoms with van der Waals surface area (Å²) in [6.07, 6.45) is 3.47. The summed E-state index contributed by atoms with van der Waals surface area (Å²) in [6, 6.07) is 8.51. The Kier molecular flexibility index (Phi) is 5.40. The zero-order valence-electron chi connectivity index (χ0n) is 12.0. The summed E-state index contributed by atoms with van der Waals surface area (Å²) in [4.78, 5) is 11.4. The van der Waals surface area contributed by atoms with Crippen molar-refractivity contribution >= 4 is 5.97 Å². The highest BCUT2D eigenvalue weighted by atomic mass is 16.5. The van der Waals surface area contributed by atoms with Gasteiger partial charge in [-0.15, -0.1) is 0 Å². The van der Waals surface area contributed by atoms with E-state index in [4.69, 9.17) is 4.42 Å². The summed E-state index contributed by atoms with van der Waals surface area (Å²) in [5.74, 6) is 0.725. The number of furan rings is 1. The van der Waals surface area contributed by atoms with Gasteiger partial charge in [-0.05, 0) is 43.3 Å². The minimum atomic E-state index is -0.408. The summed E-state index contributed by atoms with van der Waals surface area (Å²) < 4.78 is 9.92. The standard InChI is InChI=1S/C16H19NO4/c1-20-16(19)12-6-7-15(18)13(10-12)11-17-8-2-4-14-5-3-9-21-14/h3,5-7,9-10,17-18H,2,4,8,11H2,1H3. The number of phenolic OH excluding ortho intramolecular Hbond substituents is 1. The number of hydrogen-bond acceptors (Lipinski definition) is 5. The van der Waals surface area contributed by atoms with Crippen molar-refractivity contribution in [1.82, 2.24) is 5.32 Å². The van der Waals surface area contributed by atoms with E-state index >= 15 is 0 Å². The minimum Gasteiger partial charge on any atom is -0.508 e. The molecule has 2 rings (SSSR count). The van der Waals surface area contributed by atoms with Gasteiger partial charge in [-0.3, -0.25) is 0 Å². The molecule has 5 heteroatoms. The lowest BCUT2D eigenvalue weighted by Crippen LogP contribution is -2.16. The zero-order chi connectivity index (χ0) is 15.1. The lowest BCUT2D eigenvalue weighted by Gasteiger charge is -2.08. The first-order chi connectivity index (χ1) is 10.2. The van der Waals surface area contributed by atoms with E-state index in [1.807, 2.05) is 12.1 Å². The van der Waals surface area contributed by atoms with Crippen LogP contribution in [0.15, 0.2) is 41.0 Å². The average molecular weight is 289 g/mol. The number of aromatic hydroxyl groups is 1. The number of carbonyl (C=O) groups is 1. The monoisotopic (exact) mass is 289 g/mol. The van der Waals surface area contributed by atoms with Gasteiger partial charge in [0, 0.05) is 18.5 Å². The molecule has 0 aliphatic carbocycles. The molecule has 0 atom stereocenters. The fourth-order valence-corrected chi connectivity index (χ4v) is 2.04. The van der Waals surface area contributed by atoms with Gasteiger partial charge >= 0.3 is 5.97 Å². The molecule has 0 radical (unpaired) electrons. The third-order valence-corrected chi connectivity index (χ3v) is 3.17. The first-order valence-electron chi connectivity index (χ1n) is 6.84. The number of rotatable bonds is 7. The maximum absolute atomic E-state index is 11.4. The Hall–Kier alpha value is -2.27. The van der Waals surface area contributed by atoms with Crippen molar-refractivity contribution in [3.8, 4) is 5.75 Å². The van der Waals surface area contributed by atoms with Gasteiger partial charge in [0.05, 0.1) is 18.9 Å². The first kappa shape index (κ1) is 15.1. The van der Waals surface area contributed by atoms with Crippen molar-refractivity contribution in [1.29, 1.82) is 0 Å².